The van der Waals surface area contributed by atoms with Gasteiger partial charge in [0, 0.05) is 36.0 Å². The van der Waals surface area contributed by atoms with Crippen molar-refractivity contribution in [2.24, 2.45) is 5.73 Å². The summed E-state index contributed by atoms with van der Waals surface area (Å²) < 4.78 is 38.1. The molecule has 0 aliphatic rings. The van der Waals surface area contributed by atoms with Crippen LogP contribution in [0.25, 0.3) is 10.9 Å². The number of alkyl halides is 3. The number of pyridine rings is 1. The average molecular weight is 487 g/mol. The number of fused-ring (bicyclic) bond motifs is 1. The van der Waals surface area contributed by atoms with Crippen LogP contribution in [0.4, 0.5) is 18.9 Å². The number of benzene rings is 1. The first-order valence-electron chi connectivity index (χ1n) is 10.8. The number of nitrogens with zero attached hydrogens (tertiary/aromatic N) is 1. The molecule has 1 aromatic heterocycles. The van der Waals surface area contributed by atoms with E-state index in [1.807, 2.05) is 27.7 Å². The van der Waals surface area contributed by atoms with Crippen LogP contribution in [0, 0.1) is 6.92 Å². The first kappa shape index (κ1) is 27.2. The van der Waals surface area contributed by atoms with Gasteiger partial charge in [0.25, 0.3) is 5.91 Å². The third-order valence-corrected chi connectivity index (χ3v) is 6.20. The minimum absolute atomic E-state index is 0.141. The molecule has 0 aliphatic carbocycles. The number of aliphatic hydroxyl groups is 1. The Bertz CT molecular complexity index is 961. The van der Waals surface area contributed by atoms with E-state index in [-0.39, 0.29) is 30.8 Å². The Kier molecular flexibility index (Phi) is 9.39. The topological polar surface area (TPSA) is 100 Å². The van der Waals surface area contributed by atoms with Crippen molar-refractivity contribution >= 4 is 34.3 Å². The van der Waals surface area contributed by atoms with Crippen molar-refractivity contribution in [1.29, 1.82) is 0 Å². The molecule has 0 unspecified atom stereocenters. The van der Waals surface area contributed by atoms with E-state index in [1.165, 1.54) is 0 Å². The molecule has 0 aliphatic heterocycles. The summed E-state index contributed by atoms with van der Waals surface area (Å²) >= 11 is 1.62. The minimum Gasteiger partial charge on any atom is -0.396 e. The van der Waals surface area contributed by atoms with E-state index in [2.05, 4.69) is 15.6 Å². The van der Waals surface area contributed by atoms with E-state index in [4.69, 9.17) is 10.8 Å². The van der Waals surface area contributed by atoms with E-state index in [0.29, 0.717) is 28.8 Å². The van der Waals surface area contributed by atoms with Gasteiger partial charge in [-0.3, -0.25) is 4.79 Å². The number of carbonyl (C=O) groups excluding carboxylic acids is 1. The average Bonchev–Trinajstić information content (AvgIpc) is 2.72. The van der Waals surface area contributed by atoms with Crippen LogP contribution in [0.2, 0.25) is 0 Å². The number of nitrogens with two attached hydrogens (primary N) is 1. The van der Waals surface area contributed by atoms with E-state index in [9.17, 15) is 18.0 Å². The zero-order valence-corrected chi connectivity index (χ0v) is 20.3. The van der Waals surface area contributed by atoms with Crippen LogP contribution in [-0.2, 0) is 5.41 Å². The Balaban J connectivity index is 2.27. The molecule has 0 spiro atoms. The predicted molar refractivity (Wildman–Crippen MR) is 129 cm³/mol. The maximum atomic E-state index is 12.8. The number of halogens is 3. The summed E-state index contributed by atoms with van der Waals surface area (Å²) in [4.78, 5) is 17.3. The number of amides is 1. The molecule has 5 N–H and O–H groups in total. The Morgan fingerprint density at radius 3 is 2.55 bits per heavy atom. The number of thioether (sulfide) groups is 1. The lowest BCUT2D eigenvalue weighted by molar-refractivity contribution is -0.115. The van der Waals surface area contributed by atoms with Crippen LogP contribution in [0.1, 0.15) is 48.8 Å². The molecule has 2 aromatic rings. The fourth-order valence-corrected chi connectivity index (χ4v) is 4.18. The van der Waals surface area contributed by atoms with Crippen molar-refractivity contribution < 1.29 is 23.1 Å². The molecule has 0 radical (unpaired) electrons. The fraction of sp³-hybridized carbons (Fsp3) is 0.565. The quantitative estimate of drug-likeness (QED) is 0.379. The van der Waals surface area contributed by atoms with Crippen LogP contribution in [0.3, 0.4) is 0 Å². The van der Waals surface area contributed by atoms with Crippen molar-refractivity contribution in [3.63, 3.8) is 0 Å². The molecule has 184 valence electrons. The highest BCUT2D eigenvalue weighted by Crippen LogP contribution is 2.34. The molecule has 0 bridgehead atoms. The van der Waals surface area contributed by atoms with Crippen molar-refractivity contribution in [3.8, 4) is 0 Å². The molecule has 1 heterocycles. The number of anilines is 1. The Hall–Kier alpha value is -2.04. The van der Waals surface area contributed by atoms with Crippen molar-refractivity contribution in [3.05, 3.63) is 35.0 Å². The molecule has 2 rings (SSSR count). The number of carbonyl (C=O) groups is 1. The van der Waals surface area contributed by atoms with Gasteiger partial charge in [-0.05, 0) is 53.8 Å². The van der Waals surface area contributed by atoms with Crippen molar-refractivity contribution in [1.82, 2.24) is 10.3 Å². The van der Waals surface area contributed by atoms with Crippen LogP contribution in [-0.4, -0.2) is 59.4 Å². The zero-order valence-electron chi connectivity index (χ0n) is 19.5. The van der Waals surface area contributed by atoms with Gasteiger partial charge in [-0.25, -0.2) is 4.98 Å². The van der Waals surface area contributed by atoms with Crippen molar-refractivity contribution in [2.75, 3.05) is 36.5 Å². The van der Waals surface area contributed by atoms with E-state index < -0.39 is 18.1 Å². The van der Waals surface area contributed by atoms with Gasteiger partial charge in [0.2, 0.25) is 0 Å². The van der Waals surface area contributed by atoms with Crippen LogP contribution >= 0.6 is 11.8 Å². The van der Waals surface area contributed by atoms with Gasteiger partial charge in [0.1, 0.15) is 12.2 Å². The third kappa shape index (κ3) is 8.35. The van der Waals surface area contributed by atoms with Gasteiger partial charge in [-0.15, -0.1) is 0 Å². The number of hydrogen-bond donors (Lipinski definition) is 4. The highest BCUT2D eigenvalue weighted by molar-refractivity contribution is 7.99. The summed E-state index contributed by atoms with van der Waals surface area (Å²) in [6.07, 6.45) is -3.63. The van der Waals surface area contributed by atoms with Gasteiger partial charge < -0.3 is 21.5 Å². The first-order valence-corrected chi connectivity index (χ1v) is 12.0. The number of aliphatic hydroxyl groups excluding tert-OH is 1. The summed E-state index contributed by atoms with van der Waals surface area (Å²) in [6, 6.07) is 4.72. The molecular formula is C23H33F3N4O2S. The molecule has 1 aromatic carbocycles. The second-order valence-corrected chi connectivity index (χ2v) is 10.2. The van der Waals surface area contributed by atoms with Gasteiger partial charge in [0.15, 0.2) is 0 Å². The predicted octanol–water partition coefficient (Wildman–Crippen LogP) is 3.99. The van der Waals surface area contributed by atoms with Crippen LogP contribution in [0.5, 0.6) is 0 Å². The summed E-state index contributed by atoms with van der Waals surface area (Å²) in [7, 11) is 0. The smallest absolute Gasteiger partial charge is 0.396 e. The SMILES string of the molecule is Cc1cc(C(=O)NC[C@@H](N)CSCCCO)nc2c(C(C)(C)C)cc(NCC(F)(F)F)cc12. The third-order valence-electron chi connectivity index (χ3n) is 4.96. The van der Waals surface area contributed by atoms with Crippen LogP contribution < -0.4 is 16.4 Å². The molecule has 0 saturated carbocycles. The molecule has 0 fully saturated rings. The molecule has 6 nitrogen and oxygen atoms in total. The van der Waals surface area contributed by atoms with Gasteiger partial charge >= 0.3 is 6.18 Å². The van der Waals surface area contributed by atoms with E-state index >= 15 is 0 Å². The number of aromatic nitrogens is 1. The van der Waals surface area contributed by atoms with Crippen LogP contribution in [0.15, 0.2) is 18.2 Å². The minimum atomic E-state index is -4.33. The lowest BCUT2D eigenvalue weighted by Gasteiger charge is -2.23. The maximum absolute atomic E-state index is 12.8. The number of aryl methyl sites for hydroxylation is 1. The second kappa shape index (κ2) is 11.4. The maximum Gasteiger partial charge on any atom is 0.405 e. The second-order valence-electron chi connectivity index (χ2n) is 9.09. The van der Waals surface area contributed by atoms with Crippen molar-refractivity contribution in [2.45, 2.75) is 51.7 Å². The summed E-state index contributed by atoms with van der Waals surface area (Å²) in [5, 5.41) is 14.8. The standard InChI is InChI=1S/C23H33F3N4O2S/c1-14-8-19(21(32)28-11-15(27)12-33-7-5-6-31)30-20-17(14)9-16(29-13-23(24,25)26)10-18(20)22(2,3)4/h8-10,15,29,31H,5-7,11-13,27H2,1-4H3,(H,28,32)/t15-/m1/s1. The molecule has 10 heteroatoms. The lowest BCUT2D eigenvalue weighted by Crippen LogP contribution is -2.39. The molecule has 33 heavy (non-hydrogen) atoms. The monoisotopic (exact) mass is 486 g/mol. The first-order chi connectivity index (χ1) is 15.3. The lowest BCUT2D eigenvalue weighted by atomic mass is 9.84. The molecule has 1 amide bonds. The van der Waals surface area contributed by atoms with E-state index in [1.54, 1.807) is 30.0 Å². The highest BCUT2D eigenvalue weighted by atomic mass is 32.2. The summed E-state index contributed by atoms with van der Waals surface area (Å²) in [5.41, 5.74) is 8.33. The van der Waals surface area contributed by atoms with Gasteiger partial charge in [-0.1, -0.05) is 20.8 Å². The number of rotatable bonds is 10. The number of hydrogen-bond acceptors (Lipinski definition) is 6. The number of nitrogens with one attached hydrogen (secondary N) is 2. The molecular weight excluding hydrogens is 453 g/mol. The summed E-state index contributed by atoms with van der Waals surface area (Å²) in [5.74, 6) is 1.11. The Morgan fingerprint density at radius 2 is 1.94 bits per heavy atom. The molecule has 0 saturated heterocycles. The highest BCUT2D eigenvalue weighted by Gasteiger charge is 2.27. The van der Waals surface area contributed by atoms with Gasteiger partial charge in [-0.2, -0.15) is 24.9 Å². The molecule has 1 atom stereocenters. The largest absolute Gasteiger partial charge is 0.405 e. The normalized spacial score (nSPS) is 13.2. The van der Waals surface area contributed by atoms with E-state index in [0.717, 1.165) is 16.9 Å². The fourth-order valence-electron chi connectivity index (χ4n) is 3.26. The van der Waals surface area contributed by atoms with Gasteiger partial charge in [0.05, 0.1) is 5.52 Å². The Labute approximate surface area is 196 Å². The summed E-state index contributed by atoms with van der Waals surface area (Å²) in [6.45, 7) is 6.96. The zero-order chi connectivity index (χ0) is 24.8. The Morgan fingerprint density at radius 1 is 1.24 bits per heavy atom.